The lowest BCUT2D eigenvalue weighted by Gasteiger charge is -2.09. The van der Waals surface area contributed by atoms with Crippen LogP contribution < -0.4 is 5.43 Å². The second-order valence-electron chi connectivity index (χ2n) is 5.11. The smallest absolute Gasteiger partial charge is 0.344 e. The summed E-state index contributed by atoms with van der Waals surface area (Å²) in [5.41, 5.74) is 1.16. The molecule has 1 heterocycles. The number of hydrogen-bond acceptors (Lipinski definition) is 4. The summed E-state index contributed by atoms with van der Waals surface area (Å²) in [6.07, 6.45) is 0. The standard InChI is InChI=1S/C18H14FNO3S/c1-23-18(22)15-16(21)13-4-2-3-5-14(13)20-17(15)24-10-11-6-8-12(19)9-7-11/h2-9H,10H2,1H3,(H,20,21). The largest absolute Gasteiger partial charge is 0.465 e. The second kappa shape index (κ2) is 6.88. The van der Waals surface area contributed by atoms with Gasteiger partial charge in [-0.3, -0.25) is 4.79 Å². The monoisotopic (exact) mass is 343 g/mol. The molecule has 4 nitrogen and oxygen atoms in total. The summed E-state index contributed by atoms with van der Waals surface area (Å²) in [7, 11) is 1.24. The van der Waals surface area contributed by atoms with Crippen molar-refractivity contribution in [2.45, 2.75) is 10.8 Å². The number of H-pyrrole nitrogens is 1. The Balaban J connectivity index is 2.03. The summed E-state index contributed by atoms with van der Waals surface area (Å²) in [6, 6.07) is 13.1. The number of carbonyl (C=O) groups is 1. The van der Waals surface area contributed by atoms with Crippen molar-refractivity contribution < 1.29 is 13.9 Å². The number of halogens is 1. The molecule has 0 fully saturated rings. The Kier molecular flexibility index (Phi) is 4.66. The maximum atomic E-state index is 13.0. The van der Waals surface area contributed by atoms with Crippen LogP contribution in [-0.2, 0) is 10.5 Å². The number of carbonyl (C=O) groups excluding carboxylic acids is 1. The van der Waals surface area contributed by atoms with Crippen LogP contribution in [-0.4, -0.2) is 18.1 Å². The van der Waals surface area contributed by atoms with Gasteiger partial charge >= 0.3 is 5.97 Å². The number of para-hydroxylation sites is 1. The first-order valence-electron chi connectivity index (χ1n) is 7.20. The van der Waals surface area contributed by atoms with Crippen molar-refractivity contribution in [2.24, 2.45) is 0 Å². The minimum Gasteiger partial charge on any atom is -0.465 e. The molecule has 122 valence electrons. The fourth-order valence-electron chi connectivity index (χ4n) is 2.34. The molecule has 0 aliphatic carbocycles. The summed E-state index contributed by atoms with van der Waals surface area (Å²) in [5, 5.41) is 0.874. The molecule has 1 N–H and O–H groups in total. The van der Waals surface area contributed by atoms with Gasteiger partial charge in [0.2, 0.25) is 5.43 Å². The van der Waals surface area contributed by atoms with Crippen LogP contribution in [0.25, 0.3) is 10.9 Å². The number of ether oxygens (including phenoxy) is 1. The molecule has 1 aromatic heterocycles. The average molecular weight is 343 g/mol. The van der Waals surface area contributed by atoms with Crippen molar-refractivity contribution in [3.63, 3.8) is 0 Å². The minimum atomic E-state index is -0.677. The molecule has 3 rings (SSSR count). The summed E-state index contributed by atoms with van der Waals surface area (Å²) in [6.45, 7) is 0. The van der Waals surface area contributed by atoms with Crippen molar-refractivity contribution in [1.82, 2.24) is 4.98 Å². The maximum absolute atomic E-state index is 13.0. The van der Waals surface area contributed by atoms with Crippen LogP contribution in [0.2, 0.25) is 0 Å². The van der Waals surface area contributed by atoms with Gasteiger partial charge in [-0.15, -0.1) is 11.8 Å². The normalized spacial score (nSPS) is 10.8. The Bertz CT molecular complexity index is 951. The molecule has 0 bridgehead atoms. The number of aromatic nitrogens is 1. The van der Waals surface area contributed by atoms with Crippen LogP contribution in [0.3, 0.4) is 0 Å². The van der Waals surface area contributed by atoms with E-state index in [9.17, 15) is 14.0 Å². The first kappa shape index (κ1) is 16.3. The number of benzene rings is 2. The van der Waals surface area contributed by atoms with E-state index in [1.54, 1.807) is 30.3 Å². The zero-order valence-corrected chi connectivity index (χ0v) is 13.7. The molecular weight excluding hydrogens is 329 g/mol. The molecule has 6 heteroatoms. The Morgan fingerprint density at radius 2 is 1.88 bits per heavy atom. The van der Waals surface area contributed by atoms with Crippen molar-refractivity contribution in [2.75, 3.05) is 7.11 Å². The second-order valence-corrected chi connectivity index (χ2v) is 6.10. The molecule has 3 aromatic rings. The van der Waals surface area contributed by atoms with E-state index in [-0.39, 0.29) is 16.8 Å². The lowest BCUT2D eigenvalue weighted by Crippen LogP contribution is -2.19. The predicted molar refractivity (Wildman–Crippen MR) is 91.9 cm³/mol. The lowest BCUT2D eigenvalue weighted by molar-refractivity contribution is 0.0594. The molecule has 0 aliphatic rings. The van der Waals surface area contributed by atoms with Crippen molar-refractivity contribution in [3.8, 4) is 0 Å². The lowest BCUT2D eigenvalue weighted by atomic mass is 10.1. The molecule has 0 saturated heterocycles. The van der Waals surface area contributed by atoms with E-state index in [4.69, 9.17) is 4.74 Å². The fourth-order valence-corrected chi connectivity index (χ4v) is 3.35. The molecule has 24 heavy (non-hydrogen) atoms. The van der Waals surface area contributed by atoms with E-state index in [0.29, 0.717) is 21.7 Å². The average Bonchev–Trinajstić information content (AvgIpc) is 2.61. The maximum Gasteiger partial charge on any atom is 0.344 e. The number of esters is 1. The Morgan fingerprint density at radius 3 is 2.58 bits per heavy atom. The van der Waals surface area contributed by atoms with Gasteiger partial charge in [-0.2, -0.15) is 0 Å². The van der Waals surface area contributed by atoms with Gasteiger partial charge in [-0.05, 0) is 29.8 Å². The third kappa shape index (κ3) is 3.19. The number of nitrogens with one attached hydrogen (secondary N) is 1. The van der Waals surface area contributed by atoms with Crippen LogP contribution in [0, 0.1) is 5.82 Å². The highest BCUT2D eigenvalue weighted by molar-refractivity contribution is 7.98. The number of pyridine rings is 1. The molecular formula is C18H14FNO3S. The highest BCUT2D eigenvalue weighted by Gasteiger charge is 2.20. The predicted octanol–water partition coefficient (Wildman–Crippen LogP) is 3.75. The van der Waals surface area contributed by atoms with Gasteiger partial charge in [-0.1, -0.05) is 24.3 Å². The molecule has 0 amide bonds. The van der Waals surface area contributed by atoms with Gasteiger partial charge < -0.3 is 9.72 Å². The van der Waals surface area contributed by atoms with Crippen LogP contribution in [0.4, 0.5) is 4.39 Å². The number of hydrogen-bond donors (Lipinski definition) is 1. The third-order valence-corrected chi connectivity index (χ3v) is 4.63. The number of thioether (sulfide) groups is 1. The van der Waals surface area contributed by atoms with Crippen LogP contribution in [0.15, 0.2) is 58.4 Å². The van der Waals surface area contributed by atoms with Crippen molar-refractivity contribution in [1.29, 1.82) is 0 Å². The summed E-state index contributed by atoms with van der Waals surface area (Å²) >= 11 is 1.30. The van der Waals surface area contributed by atoms with E-state index in [1.165, 1.54) is 31.0 Å². The Hall–Kier alpha value is -2.60. The van der Waals surface area contributed by atoms with E-state index in [1.807, 2.05) is 6.07 Å². The molecule has 0 saturated carbocycles. The Morgan fingerprint density at radius 1 is 1.17 bits per heavy atom. The quantitative estimate of drug-likeness (QED) is 0.579. The van der Waals surface area contributed by atoms with Gasteiger partial charge in [-0.25, -0.2) is 9.18 Å². The van der Waals surface area contributed by atoms with E-state index >= 15 is 0 Å². The highest BCUT2D eigenvalue weighted by atomic mass is 32.2. The SMILES string of the molecule is COC(=O)c1c(SCc2ccc(F)cc2)[nH]c2ccccc2c1=O. The molecule has 0 spiro atoms. The zero-order valence-electron chi connectivity index (χ0n) is 12.8. The highest BCUT2D eigenvalue weighted by Crippen LogP contribution is 2.25. The number of aromatic amines is 1. The van der Waals surface area contributed by atoms with Crippen LogP contribution >= 0.6 is 11.8 Å². The van der Waals surface area contributed by atoms with Gasteiger partial charge in [0.1, 0.15) is 11.4 Å². The fraction of sp³-hybridized carbons (Fsp3) is 0.111. The Labute approximate surface area is 141 Å². The minimum absolute atomic E-state index is 0.0108. The zero-order chi connectivity index (χ0) is 17.1. The van der Waals surface area contributed by atoms with Gasteiger partial charge in [0.05, 0.1) is 17.7 Å². The topological polar surface area (TPSA) is 59.2 Å². The summed E-state index contributed by atoms with van der Waals surface area (Å²) in [4.78, 5) is 27.8. The first-order valence-corrected chi connectivity index (χ1v) is 8.19. The van der Waals surface area contributed by atoms with Gasteiger partial charge in [0.25, 0.3) is 0 Å². The molecule has 0 unspecified atom stereocenters. The summed E-state index contributed by atoms with van der Waals surface area (Å²) in [5.74, 6) is -0.500. The third-order valence-electron chi connectivity index (χ3n) is 3.56. The number of fused-ring (bicyclic) bond motifs is 1. The van der Waals surface area contributed by atoms with Gasteiger partial charge in [0, 0.05) is 11.1 Å². The first-order chi connectivity index (χ1) is 11.6. The van der Waals surface area contributed by atoms with E-state index in [2.05, 4.69) is 4.98 Å². The van der Waals surface area contributed by atoms with Crippen molar-refractivity contribution >= 4 is 28.6 Å². The van der Waals surface area contributed by atoms with E-state index < -0.39 is 5.97 Å². The molecule has 0 atom stereocenters. The van der Waals surface area contributed by atoms with Crippen molar-refractivity contribution in [3.05, 3.63) is 75.7 Å². The van der Waals surface area contributed by atoms with Crippen LogP contribution in [0.5, 0.6) is 0 Å². The molecule has 0 aliphatic heterocycles. The van der Waals surface area contributed by atoms with Gasteiger partial charge in [0.15, 0.2) is 0 Å². The molecule has 2 aromatic carbocycles. The summed E-state index contributed by atoms with van der Waals surface area (Å²) < 4.78 is 17.7. The number of rotatable bonds is 4. The molecule has 0 radical (unpaired) electrons. The number of methoxy groups -OCH3 is 1. The van der Waals surface area contributed by atoms with E-state index in [0.717, 1.165) is 5.56 Å². The van der Waals surface area contributed by atoms with Crippen LogP contribution in [0.1, 0.15) is 15.9 Å².